The molecular formula is C24H37NO2. The van der Waals surface area contributed by atoms with Crippen molar-refractivity contribution in [1.29, 1.82) is 0 Å². The molecule has 0 aliphatic carbocycles. The molecule has 0 aliphatic heterocycles. The molecule has 0 fully saturated rings. The maximum absolute atomic E-state index is 11.8. The summed E-state index contributed by atoms with van der Waals surface area (Å²) in [5, 5.41) is 13.1. The third-order valence-corrected chi connectivity index (χ3v) is 4.02. The molecule has 2 N–H and O–H groups in total. The number of aliphatic hydroxyl groups is 1. The number of amides is 1. The number of hydrogen-bond acceptors (Lipinski definition) is 2. The molecule has 0 aliphatic rings. The van der Waals surface area contributed by atoms with Gasteiger partial charge < -0.3 is 10.4 Å². The largest absolute Gasteiger partial charge is 0.388 e. The standard InChI is InChI=1S/C24H37NO2/c1-4-7-8-9-10-11-12-13-14-15-16-17-18-19-20-23(26)25-22-24(27,6-3)21-5-2/h7-12,15-20,27H,4-6,13-14,21-22H2,1-3H3,(H,25,26). The first-order chi connectivity index (χ1) is 13.1. The highest BCUT2D eigenvalue weighted by molar-refractivity contribution is 5.87. The summed E-state index contributed by atoms with van der Waals surface area (Å²) in [5.74, 6) is -0.182. The number of unbranched alkanes of at least 4 members (excludes halogenated alkanes) is 1. The Labute approximate surface area is 166 Å². The third kappa shape index (κ3) is 15.8. The monoisotopic (exact) mass is 371 g/mol. The van der Waals surface area contributed by atoms with Crippen LogP contribution in [0.25, 0.3) is 0 Å². The second-order valence-corrected chi connectivity index (χ2v) is 6.44. The van der Waals surface area contributed by atoms with Crippen LogP contribution in [-0.4, -0.2) is 23.2 Å². The molecule has 3 heteroatoms. The number of carbonyl (C=O) groups is 1. The topological polar surface area (TPSA) is 49.3 Å². The van der Waals surface area contributed by atoms with Crippen LogP contribution in [0.3, 0.4) is 0 Å². The number of hydrogen-bond donors (Lipinski definition) is 2. The molecule has 0 saturated heterocycles. The quantitative estimate of drug-likeness (QED) is 0.238. The Morgan fingerprint density at radius 1 is 0.852 bits per heavy atom. The minimum absolute atomic E-state index is 0.182. The van der Waals surface area contributed by atoms with E-state index in [1.807, 2.05) is 44.2 Å². The smallest absolute Gasteiger partial charge is 0.244 e. The molecule has 1 atom stereocenters. The van der Waals surface area contributed by atoms with Crippen molar-refractivity contribution in [2.75, 3.05) is 6.54 Å². The van der Waals surface area contributed by atoms with Crippen LogP contribution in [0.15, 0.2) is 72.9 Å². The van der Waals surface area contributed by atoms with Gasteiger partial charge in [-0.25, -0.2) is 0 Å². The maximum atomic E-state index is 11.8. The summed E-state index contributed by atoms with van der Waals surface area (Å²) in [6.07, 6.45) is 28.7. The predicted molar refractivity (Wildman–Crippen MR) is 118 cm³/mol. The Balaban J connectivity index is 3.95. The first-order valence-electron chi connectivity index (χ1n) is 10.1. The van der Waals surface area contributed by atoms with E-state index in [2.05, 4.69) is 42.6 Å². The Kier molecular flexibility index (Phi) is 15.9. The zero-order valence-electron chi connectivity index (χ0n) is 17.2. The van der Waals surface area contributed by atoms with Gasteiger partial charge in [-0.2, -0.15) is 0 Å². The van der Waals surface area contributed by atoms with Gasteiger partial charge in [0, 0.05) is 12.6 Å². The third-order valence-electron chi connectivity index (χ3n) is 4.02. The lowest BCUT2D eigenvalue weighted by Crippen LogP contribution is -2.41. The molecule has 0 saturated carbocycles. The van der Waals surface area contributed by atoms with Crippen molar-refractivity contribution < 1.29 is 9.90 Å². The van der Waals surface area contributed by atoms with Gasteiger partial charge in [-0.3, -0.25) is 4.79 Å². The van der Waals surface area contributed by atoms with Gasteiger partial charge in [-0.05, 0) is 32.1 Å². The van der Waals surface area contributed by atoms with Gasteiger partial charge >= 0.3 is 0 Å². The van der Waals surface area contributed by atoms with Crippen LogP contribution in [-0.2, 0) is 4.79 Å². The normalized spacial score (nSPS) is 15.3. The highest BCUT2D eigenvalue weighted by atomic mass is 16.3. The molecular weight excluding hydrogens is 334 g/mol. The lowest BCUT2D eigenvalue weighted by molar-refractivity contribution is -0.117. The minimum Gasteiger partial charge on any atom is -0.388 e. The molecule has 0 heterocycles. The Morgan fingerprint density at radius 3 is 1.93 bits per heavy atom. The summed E-state index contributed by atoms with van der Waals surface area (Å²) in [4.78, 5) is 11.8. The summed E-state index contributed by atoms with van der Waals surface area (Å²) in [7, 11) is 0. The van der Waals surface area contributed by atoms with E-state index in [0.717, 1.165) is 25.7 Å². The van der Waals surface area contributed by atoms with Gasteiger partial charge in [-0.1, -0.05) is 94.0 Å². The fourth-order valence-corrected chi connectivity index (χ4v) is 2.32. The van der Waals surface area contributed by atoms with E-state index in [1.54, 1.807) is 6.08 Å². The van der Waals surface area contributed by atoms with Crippen LogP contribution in [0.5, 0.6) is 0 Å². The zero-order chi connectivity index (χ0) is 20.2. The Morgan fingerprint density at radius 2 is 1.41 bits per heavy atom. The summed E-state index contributed by atoms with van der Waals surface area (Å²) in [6.45, 7) is 6.37. The van der Waals surface area contributed by atoms with E-state index < -0.39 is 5.60 Å². The lowest BCUT2D eigenvalue weighted by Gasteiger charge is -2.26. The molecule has 27 heavy (non-hydrogen) atoms. The van der Waals surface area contributed by atoms with Crippen LogP contribution in [0.1, 0.15) is 59.3 Å². The number of nitrogens with one attached hydrogen (secondary N) is 1. The van der Waals surface area contributed by atoms with E-state index in [1.165, 1.54) is 6.08 Å². The fraction of sp³-hybridized carbons (Fsp3) is 0.458. The van der Waals surface area contributed by atoms with E-state index >= 15 is 0 Å². The molecule has 0 aromatic carbocycles. The Bertz CT molecular complexity index is 553. The highest BCUT2D eigenvalue weighted by Gasteiger charge is 2.23. The van der Waals surface area contributed by atoms with Crippen LogP contribution in [0, 0.1) is 0 Å². The summed E-state index contributed by atoms with van der Waals surface area (Å²) < 4.78 is 0. The van der Waals surface area contributed by atoms with Gasteiger partial charge in [0.1, 0.15) is 0 Å². The van der Waals surface area contributed by atoms with E-state index in [0.29, 0.717) is 19.4 Å². The first-order valence-corrected chi connectivity index (χ1v) is 10.1. The molecule has 0 spiro atoms. The average molecular weight is 372 g/mol. The minimum atomic E-state index is -0.798. The van der Waals surface area contributed by atoms with Crippen molar-refractivity contribution in [2.45, 2.75) is 64.9 Å². The molecule has 1 unspecified atom stereocenters. The average Bonchev–Trinajstić information content (AvgIpc) is 2.67. The molecule has 150 valence electrons. The summed E-state index contributed by atoms with van der Waals surface area (Å²) in [6, 6.07) is 0. The van der Waals surface area contributed by atoms with Gasteiger partial charge in [0.15, 0.2) is 0 Å². The van der Waals surface area contributed by atoms with E-state index in [4.69, 9.17) is 0 Å². The van der Waals surface area contributed by atoms with Crippen molar-refractivity contribution in [1.82, 2.24) is 5.32 Å². The van der Waals surface area contributed by atoms with Gasteiger partial charge in [0.2, 0.25) is 5.91 Å². The molecule has 0 aromatic heterocycles. The van der Waals surface area contributed by atoms with Crippen molar-refractivity contribution in [3.05, 3.63) is 72.9 Å². The van der Waals surface area contributed by atoms with Crippen molar-refractivity contribution >= 4 is 5.91 Å². The molecule has 0 rings (SSSR count). The highest BCUT2D eigenvalue weighted by Crippen LogP contribution is 2.15. The van der Waals surface area contributed by atoms with Crippen LogP contribution in [0.4, 0.5) is 0 Å². The van der Waals surface area contributed by atoms with E-state index in [9.17, 15) is 9.90 Å². The molecule has 0 bridgehead atoms. The number of carbonyl (C=O) groups excluding carboxylic acids is 1. The SMILES string of the molecule is CCC=CC=CC=CCCC=CC=CC=CC(=O)NCC(O)(CC)CCC. The Hall–Kier alpha value is -2.13. The number of rotatable bonds is 14. The molecule has 1 amide bonds. The molecule has 0 radical (unpaired) electrons. The first kappa shape index (κ1) is 24.9. The van der Waals surface area contributed by atoms with E-state index in [-0.39, 0.29) is 5.91 Å². The molecule has 3 nitrogen and oxygen atoms in total. The van der Waals surface area contributed by atoms with Crippen molar-refractivity contribution in [3.8, 4) is 0 Å². The van der Waals surface area contributed by atoms with Crippen LogP contribution >= 0.6 is 0 Å². The van der Waals surface area contributed by atoms with Crippen molar-refractivity contribution in [2.24, 2.45) is 0 Å². The summed E-state index contributed by atoms with van der Waals surface area (Å²) >= 11 is 0. The summed E-state index contributed by atoms with van der Waals surface area (Å²) in [5.41, 5.74) is -0.798. The maximum Gasteiger partial charge on any atom is 0.244 e. The second kappa shape index (κ2) is 17.3. The van der Waals surface area contributed by atoms with Gasteiger partial charge in [0.05, 0.1) is 5.60 Å². The predicted octanol–water partition coefficient (Wildman–Crippen LogP) is 5.57. The lowest BCUT2D eigenvalue weighted by atomic mass is 9.95. The van der Waals surface area contributed by atoms with Crippen LogP contribution in [0.2, 0.25) is 0 Å². The van der Waals surface area contributed by atoms with Crippen molar-refractivity contribution in [3.63, 3.8) is 0 Å². The van der Waals surface area contributed by atoms with Gasteiger partial charge in [-0.15, -0.1) is 0 Å². The zero-order valence-corrected chi connectivity index (χ0v) is 17.2. The fourth-order valence-electron chi connectivity index (χ4n) is 2.32. The second-order valence-electron chi connectivity index (χ2n) is 6.44. The van der Waals surface area contributed by atoms with Gasteiger partial charge in [0.25, 0.3) is 0 Å². The number of allylic oxidation sites excluding steroid dienone is 11. The van der Waals surface area contributed by atoms with Crippen LogP contribution < -0.4 is 5.32 Å². The molecule has 0 aromatic rings.